The Labute approximate surface area is 257 Å². The van der Waals surface area contributed by atoms with E-state index in [1.807, 2.05) is 18.2 Å². The van der Waals surface area contributed by atoms with Gasteiger partial charge in [0.2, 0.25) is 11.7 Å². The second-order valence-corrected chi connectivity index (χ2v) is 11.4. The fraction of sp³-hybridized carbons (Fsp3) is 0. The third-order valence-electron chi connectivity index (χ3n) is 8.97. The van der Waals surface area contributed by atoms with Gasteiger partial charge in [-0.1, -0.05) is 103 Å². The summed E-state index contributed by atoms with van der Waals surface area (Å²) in [7, 11) is 0. The number of aromatic nitrogens is 4. The fourth-order valence-electron chi connectivity index (χ4n) is 7.03. The van der Waals surface area contributed by atoms with Gasteiger partial charge in [-0.15, -0.1) is 0 Å². The highest BCUT2D eigenvalue weighted by Gasteiger charge is 2.22. The van der Waals surface area contributed by atoms with Gasteiger partial charge in [-0.05, 0) is 42.5 Å². The second kappa shape index (κ2) is 9.15. The van der Waals surface area contributed by atoms with Gasteiger partial charge in [0.1, 0.15) is 5.58 Å². The topological polar surface area (TPSA) is 48.8 Å². The molecule has 0 atom stereocenters. The predicted octanol–water partition coefficient (Wildman–Crippen LogP) is 10.2. The minimum Gasteiger partial charge on any atom is -0.437 e. The normalized spacial score (nSPS) is 12.0. The van der Waals surface area contributed by atoms with E-state index in [9.17, 15) is 0 Å². The van der Waals surface area contributed by atoms with Gasteiger partial charge in [0.15, 0.2) is 0 Å². The Morgan fingerprint density at radius 2 is 1.00 bits per heavy atom. The van der Waals surface area contributed by atoms with E-state index >= 15 is 0 Å². The Balaban J connectivity index is 1.33. The number of benzene rings is 6. The van der Waals surface area contributed by atoms with Crippen LogP contribution in [-0.4, -0.2) is 19.1 Å². The highest BCUT2D eigenvalue weighted by molar-refractivity contribution is 6.14. The van der Waals surface area contributed by atoms with E-state index in [-0.39, 0.29) is 0 Å². The van der Waals surface area contributed by atoms with Gasteiger partial charge in [-0.3, -0.25) is 4.57 Å². The fourth-order valence-corrected chi connectivity index (χ4v) is 7.03. The molecule has 0 aliphatic rings. The van der Waals surface area contributed by atoms with Crippen LogP contribution in [-0.2, 0) is 0 Å². The first-order valence-corrected chi connectivity index (χ1v) is 15.1. The van der Waals surface area contributed by atoms with Crippen LogP contribution in [0.1, 0.15) is 0 Å². The van der Waals surface area contributed by atoms with Crippen molar-refractivity contribution >= 4 is 65.7 Å². The molecule has 0 saturated heterocycles. The molecule has 0 aliphatic heterocycles. The maximum Gasteiger partial charge on any atom is 0.238 e. The van der Waals surface area contributed by atoms with Crippen LogP contribution in [0.3, 0.4) is 0 Å². The third-order valence-corrected chi connectivity index (χ3v) is 8.97. The van der Waals surface area contributed by atoms with Crippen molar-refractivity contribution in [2.75, 3.05) is 0 Å². The van der Waals surface area contributed by atoms with Gasteiger partial charge >= 0.3 is 0 Å². The van der Waals surface area contributed by atoms with Crippen LogP contribution in [0, 0.1) is 0 Å². The lowest BCUT2D eigenvalue weighted by Gasteiger charge is -2.11. The molecule has 0 spiro atoms. The smallest absolute Gasteiger partial charge is 0.238 e. The Morgan fingerprint density at radius 3 is 1.69 bits per heavy atom. The lowest BCUT2D eigenvalue weighted by Crippen LogP contribution is -2.03. The summed E-state index contributed by atoms with van der Waals surface area (Å²) in [6.07, 6.45) is 0. The molecule has 0 amide bonds. The molecule has 4 heterocycles. The second-order valence-electron chi connectivity index (χ2n) is 11.4. The average molecular weight is 577 g/mol. The number of furan rings is 1. The summed E-state index contributed by atoms with van der Waals surface area (Å²) in [5, 5.41) is 6.66. The van der Waals surface area contributed by atoms with E-state index in [0.29, 0.717) is 11.7 Å². The zero-order chi connectivity index (χ0) is 29.5. The standard InChI is InChI=1S/C40H24N4O/c1-2-12-26(13-3-1)43-32-18-8-4-16-29(32)30-23-22-25(24-35(30)43)38-37-31-17-7-11-21-36(31)45-39(37)42-40(41-38)44-33-19-9-5-14-27(33)28-15-6-10-20-34(28)44/h1-24H. The summed E-state index contributed by atoms with van der Waals surface area (Å²) in [6, 6.07) is 50.8. The van der Waals surface area contributed by atoms with Crippen molar-refractivity contribution in [1.29, 1.82) is 0 Å². The molecule has 5 nitrogen and oxygen atoms in total. The summed E-state index contributed by atoms with van der Waals surface area (Å²) in [4.78, 5) is 10.5. The average Bonchev–Trinajstić information content (AvgIpc) is 3.75. The van der Waals surface area contributed by atoms with E-state index < -0.39 is 0 Å². The molecule has 45 heavy (non-hydrogen) atoms. The Bertz CT molecular complexity index is 2710. The summed E-state index contributed by atoms with van der Waals surface area (Å²) in [6.45, 7) is 0. The van der Waals surface area contributed by atoms with Gasteiger partial charge in [0.25, 0.3) is 0 Å². The van der Waals surface area contributed by atoms with Crippen LogP contribution in [0.25, 0.3) is 88.6 Å². The molecular formula is C40H24N4O. The van der Waals surface area contributed by atoms with Crippen molar-refractivity contribution in [3.8, 4) is 22.9 Å². The van der Waals surface area contributed by atoms with Gasteiger partial charge < -0.3 is 8.98 Å². The van der Waals surface area contributed by atoms with Crippen molar-refractivity contribution in [2.45, 2.75) is 0 Å². The first-order valence-electron chi connectivity index (χ1n) is 15.1. The largest absolute Gasteiger partial charge is 0.437 e. The monoisotopic (exact) mass is 576 g/mol. The van der Waals surface area contributed by atoms with Crippen LogP contribution in [0.4, 0.5) is 0 Å². The maximum atomic E-state index is 6.44. The first kappa shape index (κ1) is 24.3. The third kappa shape index (κ3) is 3.43. The van der Waals surface area contributed by atoms with Gasteiger partial charge in [0.05, 0.1) is 33.1 Å². The molecule has 210 valence electrons. The van der Waals surface area contributed by atoms with Crippen LogP contribution in [0.15, 0.2) is 150 Å². The molecule has 0 radical (unpaired) electrons. The molecule has 6 aromatic carbocycles. The number of hydrogen-bond donors (Lipinski definition) is 0. The molecule has 4 aromatic heterocycles. The van der Waals surface area contributed by atoms with Crippen LogP contribution in [0.5, 0.6) is 0 Å². The minimum absolute atomic E-state index is 0.571. The van der Waals surface area contributed by atoms with E-state index in [4.69, 9.17) is 14.4 Å². The van der Waals surface area contributed by atoms with Crippen molar-refractivity contribution in [2.24, 2.45) is 0 Å². The summed E-state index contributed by atoms with van der Waals surface area (Å²) in [5.74, 6) is 0.581. The van der Waals surface area contributed by atoms with E-state index in [1.54, 1.807) is 0 Å². The quantitative estimate of drug-likeness (QED) is 0.210. The number of rotatable bonds is 3. The van der Waals surface area contributed by atoms with Crippen LogP contribution in [0.2, 0.25) is 0 Å². The van der Waals surface area contributed by atoms with E-state index in [0.717, 1.165) is 60.6 Å². The molecule has 0 fully saturated rings. The molecule has 10 aromatic rings. The van der Waals surface area contributed by atoms with Crippen LogP contribution >= 0.6 is 0 Å². The van der Waals surface area contributed by atoms with Crippen molar-refractivity contribution < 1.29 is 4.42 Å². The Hall–Kier alpha value is -6.20. The molecule has 5 heteroatoms. The van der Waals surface area contributed by atoms with E-state index in [1.165, 1.54) is 16.3 Å². The number of fused-ring (bicyclic) bond motifs is 9. The summed E-state index contributed by atoms with van der Waals surface area (Å²) < 4.78 is 10.9. The van der Waals surface area contributed by atoms with Gasteiger partial charge in [-0.25, -0.2) is 4.98 Å². The molecule has 0 aliphatic carbocycles. The van der Waals surface area contributed by atoms with Gasteiger partial charge in [-0.2, -0.15) is 4.98 Å². The molecule has 0 bridgehead atoms. The summed E-state index contributed by atoms with van der Waals surface area (Å²) >= 11 is 0. The Kier molecular flexibility index (Phi) is 4.93. The molecular weight excluding hydrogens is 552 g/mol. The first-order chi connectivity index (χ1) is 22.3. The van der Waals surface area contributed by atoms with Gasteiger partial charge in [0, 0.05) is 38.2 Å². The zero-order valence-electron chi connectivity index (χ0n) is 24.1. The number of hydrogen-bond acceptors (Lipinski definition) is 3. The lowest BCUT2D eigenvalue weighted by atomic mass is 10.0. The maximum absolute atomic E-state index is 6.44. The molecule has 0 unspecified atom stereocenters. The summed E-state index contributed by atoms with van der Waals surface area (Å²) in [5.41, 5.74) is 8.73. The van der Waals surface area contributed by atoms with E-state index in [2.05, 4.69) is 137 Å². The van der Waals surface area contributed by atoms with Crippen LogP contribution < -0.4 is 0 Å². The minimum atomic E-state index is 0.571. The lowest BCUT2D eigenvalue weighted by molar-refractivity contribution is 0.651. The molecule has 0 N–H and O–H groups in total. The van der Waals surface area contributed by atoms with Crippen molar-refractivity contribution in [1.82, 2.24) is 19.1 Å². The highest BCUT2D eigenvalue weighted by Crippen LogP contribution is 2.40. The molecule has 0 saturated carbocycles. The number of para-hydroxylation sites is 5. The highest BCUT2D eigenvalue weighted by atomic mass is 16.3. The predicted molar refractivity (Wildman–Crippen MR) is 183 cm³/mol. The van der Waals surface area contributed by atoms with Crippen molar-refractivity contribution in [3.05, 3.63) is 146 Å². The SMILES string of the molecule is c1ccc(-n2c3ccccc3c3ccc(-c4nc(-n5c6ccccc6c6ccccc65)nc5oc6ccccc6c45)cc32)cc1. The van der Waals surface area contributed by atoms with Crippen molar-refractivity contribution in [3.63, 3.8) is 0 Å². The number of nitrogens with zero attached hydrogens (tertiary/aromatic N) is 4. The molecule has 10 rings (SSSR count). The Morgan fingerprint density at radius 1 is 0.444 bits per heavy atom. The zero-order valence-corrected chi connectivity index (χ0v) is 24.1.